The summed E-state index contributed by atoms with van der Waals surface area (Å²) in [4.78, 5) is 9.84. The van der Waals surface area contributed by atoms with Crippen molar-refractivity contribution in [3.05, 3.63) is 5.41 Å². The predicted molar refractivity (Wildman–Crippen MR) is 95.2 cm³/mol. The Balaban J connectivity index is -0.000000544. The second kappa shape index (κ2) is 19.6. The molecule has 0 aromatic rings. The van der Waals surface area contributed by atoms with Gasteiger partial charge in [-0.1, -0.05) is 12.2 Å². The molecule has 1 fully saturated rings. The first-order chi connectivity index (χ1) is 12.0. The first-order valence-electron chi connectivity index (χ1n) is 8.36. The van der Waals surface area contributed by atoms with Gasteiger partial charge in [0.2, 0.25) is 0 Å². The topological polar surface area (TPSA) is 128 Å². The van der Waals surface area contributed by atoms with Gasteiger partial charge in [0.05, 0.1) is 0 Å². The van der Waals surface area contributed by atoms with Gasteiger partial charge in [-0.25, -0.2) is 18.6 Å². The Labute approximate surface area is 181 Å². The van der Waals surface area contributed by atoms with Crippen LogP contribution >= 0.6 is 12.2 Å². The van der Waals surface area contributed by atoms with Gasteiger partial charge in [0.25, 0.3) is 0 Å². The number of hydrogen-bond acceptors (Lipinski definition) is 9. The number of halogens is 1. The van der Waals surface area contributed by atoms with Crippen LogP contribution in [-0.2, 0) is 17.1 Å². The van der Waals surface area contributed by atoms with E-state index in [1.165, 1.54) is 70.4 Å². The zero-order chi connectivity index (χ0) is 20.6. The van der Waals surface area contributed by atoms with Crippen LogP contribution in [-0.4, -0.2) is 105 Å². The van der Waals surface area contributed by atoms with Crippen LogP contribution in [0.1, 0.15) is 12.8 Å². The van der Waals surface area contributed by atoms with E-state index in [0.29, 0.717) is 0 Å². The van der Waals surface area contributed by atoms with E-state index in [1.54, 1.807) is 0 Å². The van der Waals surface area contributed by atoms with Crippen LogP contribution in [0.4, 0.5) is 0 Å². The molecule has 0 amide bonds. The minimum absolute atomic E-state index is 0. The molecule has 1 heterocycles. The fourth-order valence-corrected chi connectivity index (χ4v) is 2.35. The van der Waals surface area contributed by atoms with Gasteiger partial charge >= 0.3 is 17.1 Å². The van der Waals surface area contributed by atoms with Crippen molar-refractivity contribution in [1.29, 1.82) is 0 Å². The van der Waals surface area contributed by atoms with E-state index in [-0.39, 0.29) is 17.1 Å². The summed E-state index contributed by atoms with van der Waals surface area (Å²) in [6.07, 6.45) is 2.56. The van der Waals surface area contributed by atoms with Crippen LogP contribution in [0.3, 0.4) is 0 Å². The normalized spacial score (nSPS) is 19.9. The van der Waals surface area contributed by atoms with Gasteiger partial charge in [0, 0.05) is 26.2 Å². The summed E-state index contributed by atoms with van der Waals surface area (Å²) in [7, 11) is 4.03. The Hall–Kier alpha value is 0.289. The van der Waals surface area contributed by atoms with Crippen LogP contribution < -0.4 is 18.6 Å². The summed E-state index contributed by atoms with van der Waals surface area (Å²) in [5, 5.41) is 8.47. The summed E-state index contributed by atoms with van der Waals surface area (Å²) < 4.78 is 34.0. The fraction of sp³-hybridized carbons (Fsp3) is 0.933. The van der Waals surface area contributed by atoms with Crippen LogP contribution in [0.2, 0.25) is 0 Å². The van der Waals surface area contributed by atoms with E-state index in [0.717, 1.165) is 0 Å². The zero-order valence-corrected chi connectivity index (χ0v) is 19.0. The summed E-state index contributed by atoms with van der Waals surface area (Å²) in [6, 6.07) is 0. The molecule has 1 saturated heterocycles. The van der Waals surface area contributed by atoms with E-state index in [1.807, 2.05) is 0 Å². The molecule has 0 bridgehead atoms. The van der Waals surface area contributed by atoms with Gasteiger partial charge in [-0.05, 0) is 67.2 Å². The molecule has 0 atom stereocenters. The Morgan fingerprint density at radius 3 is 0.963 bits per heavy atom. The maximum atomic E-state index is 8.49. The maximum Gasteiger partial charge on any atom is 2.00 e. The molecule has 0 aromatic heterocycles. The summed E-state index contributed by atoms with van der Waals surface area (Å²) in [5.74, 6) is 0. The third-order valence-corrected chi connectivity index (χ3v) is 3.89. The molecule has 27 heavy (non-hydrogen) atoms. The van der Waals surface area contributed by atoms with E-state index in [4.69, 9.17) is 24.0 Å². The third-order valence-electron chi connectivity index (χ3n) is 3.89. The van der Waals surface area contributed by atoms with Gasteiger partial charge in [-0.3, -0.25) is 0 Å². The number of likely N-dealkylation sites (N-methyl/N-ethyl adjacent to an activating group) is 4. The van der Waals surface area contributed by atoms with Crippen LogP contribution in [0.25, 0.3) is 5.41 Å². The molecule has 0 aliphatic carbocycles. The largest absolute Gasteiger partial charge is 2.00 e. The van der Waals surface area contributed by atoms with Crippen molar-refractivity contribution in [3.8, 4) is 0 Å². The van der Waals surface area contributed by atoms with Crippen LogP contribution in [0, 0.1) is 10.2 Å². The molecule has 1 rings (SSSR count). The molecule has 0 aromatic carbocycles. The summed E-state index contributed by atoms with van der Waals surface area (Å²) >= 11 is 3.70. The van der Waals surface area contributed by atoms with E-state index in [2.05, 4.69) is 60.0 Å². The smallest absolute Gasteiger partial charge is 0.753 e. The molecular formula is C15H32ClCuN5O4S. The second-order valence-corrected chi connectivity index (χ2v) is 7.33. The average Bonchev–Trinajstić information content (AvgIpc) is 2.49. The van der Waals surface area contributed by atoms with Crippen molar-refractivity contribution in [2.45, 2.75) is 12.8 Å². The molecule has 9 nitrogen and oxygen atoms in total. The summed E-state index contributed by atoms with van der Waals surface area (Å²) in [5.41, 5.74) is 0. The Morgan fingerprint density at radius 1 is 0.667 bits per heavy atom. The minimum atomic E-state index is -4.94. The first-order valence-corrected chi connectivity index (χ1v) is 10.0. The molecule has 12 heteroatoms. The molecule has 1 aliphatic heterocycles. The molecule has 0 saturated carbocycles. The molecule has 1 aliphatic rings. The SMILES string of the molecule is CN1CCCN(C)CCN(C)CCCN(C)CC1.[Cu+2].[N-]=C=S.[O-][Cl+3]([O-])([O-])[O-]. The third kappa shape index (κ3) is 31.2. The van der Waals surface area contributed by atoms with Crippen molar-refractivity contribution in [1.82, 2.24) is 19.6 Å². The Morgan fingerprint density at radius 2 is 0.815 bits per heavy atom. The van der Waals surface area contributed by atoms with Gasteiger partial charge in [0.1, 0.15) is 0 Å². The van der Waals surface area contributed by atoms with Gasteiger partial charge in [-0.2, -0.15) is 5.16 Å². The standard InChI is InChI=1S/C14H32N4.CNS.ClHO4.Cu/c1-15-7-5-8-17(3)13-14-18(4)10-6-9-16(2)12-11-15;2-1-3;2-1(3,4)5;/h5-14H2,1-4H3;;(H,2,3,4,5);/q;-1;;+2/p-1. The number of isothiocyanates is 1. The Bertz CT molecular complexity index is 329. The zero-order valence-electron chi connectivity index (χ0n) is 16.5. The van der Waals surface area contributed by atoms with Crippen molar-refractivity contribution < 1.29 is 45.9 Å². The number of hydrogen-bond donors (Lipinski definition) is 0. The quantitative estimate of drug-likeness (QED) is 0.198. The first kappa shape index (κ1) is 32.0. The molecule has 0 N–H and O–H groups in total. The minimum Gasteiger partial charge on any atom is -0.753 e. The molecule has 0 unspecified atom stereocenters. The number of rotatable bonds is 0. The monoisotopic (exact) mass is 476 g/mol. The van der Waals surface area contributed by atoms with Crippen molar-refractivity contribution in [3.63, 3.8) is 0 Å². The van der Waals surface area contributed by atoms with Crippen LogP contribution in [0.5, 0.6) is 0 Å². The maximum absolute atomic E-state index is 8.49. The molecule has 1 radical (unpaired) electrons. The van der Waals surface area contributed by atoms with Gasteiger partial charge in [-0.15, -0.1) is 10.2 Å². The van der Waals surface area contributed by atoms with Crippen molar-refractivity contribution in [2.75, 3.05) is 80.5 Å². The molecule has 165 valence electrons. The van der Waals surface area contributed by atoms with Gasteiger partial charge < -0.3 is 25.0 Å². The summed E-state index contributed by atoms with van der Waals surface area (Å²) in [6.45, 7) is 9.63. The molecular weight excluding hydrogens is 445 g/mol. The van der Waals surface area contributed by atoms with E-state index in [9.17, 15) is 0 Å². The number of nitrogens with zero attached hydrogens (tertiary/aromatic N) is 5. The van der Waals surface area contributed by atoms with Crippen molar-refractivity contribution >= 4 is 17.4 Å². The second-order valence-electron chi connectivity index (χ2n) is 6.39. The van der Waals surface area contributed by atoms with E-state index < -0.39 is 10.2 Å². The average molecular weight is 478 g/mol. The fourth-order valence-electron chi connectivity index (χ4n) is 2.35. The van der Waals surface area contributed by atoms with Crippen LogP contribution in [0.15, 0.2) is 0 Å². The van der Waals surface area contributed by atoms with Gasteiger partial charge in [0.15, 0.2) is 0 Å². The number of thiocarbonyl (C=S) groups is 1. The van der Waals surface area contributed by atoms with Crippen molar-refractivity contribution in [2.24, 2.45) is 0 Å². The molecule has 0 spiro atoms. The van der Waals surface area contributed by atoms with E-state index >= 15 is 0 Å². The Kier molecular flexibility index (Phi) is 23.2. The predicted octanol–water partition coefficient (Wildman–Crippen LogP) is -3.59.